The van der Waals surface area contributed by atoms with Crippen LogP contribution < -0.4 is 5.32 Å². The molecule has 0 radical (unpaired) electrons. The first-order chi connectivity index (χ1) is 8.66. The van der Waals surface area contributed by atoms with E-state index in [0.29, 0.717) is 17.9 Å². The summed E-state index contributed by atoms with van der Waals surface area (Å²) in [5, 5.41) is 12.0. The van der Waals surface area contributed by atoms with E-state index >= 15 is 0 Å². The Hall–Kier alpha value is -1.65. The van der Waals surface area contributed by atoms with Gasteiger partial charge in [0.2, 0.25) is 5.65 Å². The summed E-state index contributed by atoms with van der Waals surface area (Å²) in [7, 11) is 0. The molecule has 1 atom stereocenters. The zero-order valence-electron chi connectivity index (χ0n) is 11.1. The third-order valence-corrected chi connectivity index (χ3v) is 3.66. The summed E-state index contributed by atoms with van der Waals surface area (Å²) in [4.78, 5) is 4.39. The molecule has 3 rings (SSSR count). The summed E-state index contributed by atoms with van der Waals surface area (Å²) < 4.78 is 2.07. The Bertz CT molecular complexity index is 556. The maximum Gasteiger partial charge on any atom is 0.203 e. The van der Waals surface area contributed by atoms with Gasteiger partial charge >= 0.3 is 0 Å². The summed E-state index contributed by atoms with van der Waals surface area (Å²) in [6.07, 6.45) is 6.23. The Morgan fingerprint density at radius 2 is 2.06 bits per heavy atom. The van der Waals surface area contributed by atoms with Gasteiger partial charge in [-0.2, -0.15) is 0 Å². The van der Waals surface area contributed by atoms with Crippen LogP contribution in [0.25, 0.3) is 5.65 Å². The summed E-state index contributed by atoms with van der Waals surface area (Å²) in [5.41, 5.74) is 0.840. The fraction of sp³-hybridized carbons (Fsp3) is 0.615. The number of hydrogen-bond donors (Lipinski definition) is 1. The van der Waals surface area contributed by atoms with Crippen molar-refractivity contribution in [1.82, 2.24) is 19.6 Å². The molecule has 1 unspecified atom stereocenters. The van der Waals surface area contributed by atoms with Crippen LogP contribution in [0.15, 0.2) is 12.4 Å². The van der Waals surface area contributed by atoms with Gasteiger partial charge in [-0.1, -0.05) is 13.8 Å². The van der Waals surface area contributed by atoms with Crippen LogP contribution in [-0.2, 0) is 0 Å². The lowest BCUT2D eigenvalue weighted by atomic mass is 10.1. The lowest BCUT2D eigenvalue weighted by Crippen LogP contribution is -2.22. The molecule has 2 aromatic heterocycles. The Balaban J connectivity index is 1.97. The van der Waals surface area contributed by atoms with Crippen LogP contribution >= 0.6 is 0 Å². The second-order valence-electron chi connectivity index (χ2n) is 5.48. The molecular weight excluding hydrogens is 226 g/mol. The van der Waals surface area contributed by atoms with E-state index in [-0.39, 0.29) is 0 Å². The molecule has 0 saturated heterocycles. The monoisotopic (exact) mass is 245 g/mol. The molecule has 0 aromatic carbocycles. The van der Waals surface area contributed by atoms with Crippen LogP contribution in [0.2, 0.25) is 0 Å². The van der Waals surface area contributed by atoms with Gasteiger partial charge in [-0.3, -0.25) is 4.40 Å². The number of hydrogen-bond acceptors (Lipinski definition) is 4. The van der Waals surface area contributed by atoms with Crippen molar-refractivity contribution in [1.29, 1.82) is 0 Å². The SMILES string of the molecule is CC(C)C(C)Nc1nccn2c(C3CC3)nnc12. The molecule has 2 heterocycles. The van der Waals surface area contributed by atoms with Crippen molar-refractivity contribution < 1.29 is 0 Å². The van der Waals surface area contributed by atoms with E-state index in [1.54, 1.807) is 0 Å². The Morgan fingerprint density at radius 1 is 1.28 bits per heavy atom. The van der Waals surface area contributed by atoms with Gasteiger partial charge in [-0.15, -0.1) is 10.2 Å². The molecular formula is C13H19N5. The quantitative estimate of drug-likeness (QED) is 0.899. The zero-order chi connectivity index (χ0) is 12.7. The first-order valence-electron chi connectivity index (χ1n) is 6.63. The minimum Gasteiger partial charge on any atom is -0.364 e. The Morgan fingerprint density at radius 3 is 2.72 bits per heavy atom. The maximum atomic E-state index is 4.39. The fourth-order valence-corrected chi connectivity index (χ4v) is 1.95. The van der Waals surface area contributed by atoms with Crippen molar-refractivity contribution in [2.45, 2.75) is 45.6 Å². The van der Waals surface area contributed by atoms with Crippen molar-refractivity contribution in [2.24, 2.45) is 5.92 Å². The summed E-state index contributed by atoms with van der Waals surface area (Å²) in [6.45, 7) is 6.54. The van der Waals surface area contributed by atoms with E-state index in [0.717, 1.165) is 17.3 Å². The van der Waals surface area contributed by atoms with Crippen LogP contribution in [0, 0.1) is 5.92 Å². The van der Waals surface area contributed by atoms with Gasteiger partial charge in [0.05, 0.1) is 0 Å². The highest BCUT2D eigenvalue weighted by atomic mass is 15.3. The second-order valence-corrected chi connectivity index (χ2v) is 5.48. The lowest BCUT2D eigenvalue weighted by molar-refractivity contribution is 0.558. The first-order valence-corrected chi connectivity index (χ1v) is 6.63. The number of nitrogens with zero attached hydrogens (tertiary/aromatic N) is 4. The molecule has 1 fully saturated rings. The fourth-order valence-electron chi connectivity index (χ4n) is 1.95. The highest BCUT2D eigenvalue weighted by molar-refractivity contribution is 5.62. The average Bonchev–Trinajstić information content (AvgIpc) is 3.09. The molecule has 18 heavy (non-hydrogen) atoms. The summed E-state index contributed by atoms with van der Waals surface area (Å²) >= 11 is 0. The molecule has 96 valence electrons. The third kappa shape index (κ3) is 1.94. The minimum atomic E-state index is 0.366. The van der Waals surface area contributed by atoms with Gasteiger partial charge in [0.15, 0.2) is 5.82 Å². The van der Waals surface area contributed by atoms with E-state index in [1.165, 1.54) is 12.8 Å². The topological polar surface area (TPSA) is 55.1 Å². The van der Waals surface area contributed by atoms with E-state index in [4.69, 9.17) is 0 Å². The number of fused-ring (bicyclic) bond motifs is 1. The smallest absolute Gasteiger partial charge is 0.203 e. The maximum absolute atomic E-state index is 4.39. The van der Waals surface area contributed by atoms with E-state index < -0.39 is 0 Å². The van der Waals surface area contributed by atoms with Crippen LogP contribution in [0.1, 0.15) is 45.4 Å². The molecule has 1 N–H and O–H groups in total. The van der Waals surface area contributed by atoms with Gasteiger partial charge in [0, 0.05) is 24.4 Å². The predicted molar refractivity (Wildman–Crippen MR) is 70.7 cm³/mol. The van der Waals surface area contributed by atoms with E-state index in [9.17, 15) is 0 Å². The highest BCUT2D eigenvalue weighted by Gasteiger charge is 2.29. The standard InChI is InChI=1S/C13H19N5/c1-8(2)9(3)15-11-13-17-16-12(10-4-5-10)18(13)7-6-14-11/h6-10H,4-5H2,1-3H3,(H,14,15). The minimum absolute atomic E-state index is 0.366. The van der Waals surface area contributed by atoms with Crippen LogP contribution in [-0.4, -0.2) is 25.6 Å². The first kappa shape index (κ1) is 11.4. The van der Waals surface area contributed by atoms with Crippen molar-refractivity contribution >= 4 is 11.5 Å². The Labute approximate surface area is 107 Å². The summed E-state index contributed by atoms with van der Waals surface area (Å²) in [6, 6.07) is 0.366. The van der Waals surface area contributed by atoms with Gasteiger partial charge in [0.1, 0.15) is 5.82 Å². The van der Waals surface area contributed by atoms with E-state index in [2.05, 4.69) is 45.7 Å². The number of rotatable bonds is 4. The number of nitrogens with one attached hydrogen (secondary N) is 1. The van der Waals surface area contributed by atoms with Gasteiger partial charge in [-0.25, -0.2) is 4.98 Å². The molecule has 5 heteroatoms. The molecule has 0 bridgehead atoms. The molecule has 1 aliphatic carbocycles. The third-order valence-electron chi connectivity index (χ3n) is 3.66. The van der Waals surface area contributed by atoms with Crippen molar-refractivity contribution in [3.05, 3.63) is 18.2 Å². The molecule has 1 saturated carbocycles. The second kappa shape index (κ2) is 4.23. The number of aromatic nitrogens is 4. The molecule has 2 aromatic rings. The summed E-state index contributed by atoms with van der Waals surface area (Å²) in [5.74, 6) is 3.06. The van der Waals surface area contributed by atoms with Gasteiger partial charge in [0.25, 0.3) is 0 Å². The lowest BCUT2D eigenvalue weighted by Gasteiger charge is -2.18. The zero-order valence-corrected chi connectivity index (χ0v) is 11.1. The number of anilines is 1. The average molecular weight is 245 g/mol. The van der Waals surface area contributed by atoms with E-state index in [1.807, 2.05) is 12.4 Å². The molecule has 0 amide bonds. The van der Waals surface area contributed by atoms with Crippen molar-refractivity contribution in [2.75, 3.05) is 5.32 Å². The predicted octanol–water partition coefficient (Wildman–Crippen LogP) is 2.46. The molecule has 1 aliphatic rings. The molecule has 0 spiro atoms. The van der Waals surface area contributed by atoms with Gasteiger partial charge < -0.3 is 5.32 Å². The molecule has 5 nitrogen and oxygen atoms in total. The molecule has 0 aliphatic heterocycles. The van der Waals surface area contributed by atoms with Crippen molar-refractivity contribution in [3.63, 3.8) is 0 Å². The van der Waals surface area contributed by atoms with Crippen LogP contribution in [0.5, 0.6) is 0 Å². The largest absolute Gasteiger partial charge is 0.364 e. The highest BCUT2D eigenvalue weighted by Crippen LogP contribution is 2.39. The van der Waals surface area contributed by atoms with Crippen LogP contribution in [0.3, 0.4) is 0 Å². The normalized spacial score (nSPS) is 17.3. The van der Waals surface area contributed by atoms with Crippen molar-refractivity contribution in [3.8, 4) is 0 Å². The van der Waals surface area contributed by atoms with Gasteiger partial charge in [-0.05, 0) is 25.7 Å². The Kier molecular flexibility index (Phi) is 2.69. The van der Waals surface area contributed by atoms with Crippen LogP contribution in [0.4, 0.5) is 5.82 Å².